The molecule has 0 aliphatic heterocycles. The fourth-order valence-corrected chi connectivity index (χ4v) is 1.92. The Balaban J connectivity index is 2.43. The number of ether oxygens (including phenoxy) is 1. The van der Waals surface area contributed by atoms with Crippen LogP contribution in [0.1, 0.15) is 12.5 Å². The van der Waals surface area contributed by atoms with Gasteiger partial charge in [0.25, 0.3) is 0 Å². The van der Waals surface area contributed by atoms with Crippen LogP contribution < -0.4 is 10.1 Å². The van der Waals surface area contributed by atoms with Crippen molar-refractivity contribution in [3.05, 3.63) is 54.4 Å². The van der Waals surface area contributed by atoms with E-state index in [-0.39, 0.29) is 0 Å². The van der Waals surface area contributed by atoms with Crippen LogP contribution in [0.25, 0.3) is 0 Å². The number of hydrogen-bond acceptors (Lipinski definition) is 4. The van der Waals surface area contributed by atoms with Crippen molar-refractivity contribution in [3.8, 4) is 5.75 Å². The molecule has 0 aliphatic carbocycles. The average molecular weight is 272 g/mol. The highest BCUT2D eigenvalue weighted by Crippen LogP contribution is 2.31. The van der Waals surface area contributed by atoms with E-state index in [9.17, 15) is 9.90 Å². The third-order valence-corrected chi connectivity index (χ3v) is 3.16. The van der Waals surface area contributed by atoms with E-state index < -0.39 is 11.5 Å². The fraction of sp³-hybridized carbons (Fsp3) is 0.200. The molecule has 1 heterocycles. The summed E-state index contributed by atoms with van der Waals surface area (Å²) >= 11 is 0. The molecule has 2 rings (SSSR count). The number of methoxy groups -OCH3 is 1. The molecule has 0 spiro atoms. The van der Waals surface area contributed by atoms with Crippen LogP contribution in [0.2, 0.25) is 0 Å². The van der Waals surface area contributed by atoms with Gasteiger partial charge in [-0.05, 0) is 25.1 Å². The molecule has 1 aromatic heterocycles. The largest absolute Gasteiger partial charge is 0.495 e. The van der Waals surface area contributed by atoms with Gasteiger partial charge in [0.05, 0.1) is 12.8 Å². The second-order valence-corrected chi connectivity index (χ2v) is 4.50. The first-order valence-corrected chi connectivity index (χ1v) is 6.13. The lowest BCUT2D eigenvalue weighted by Gasteiger charge is -2.28. The van der Waals surface area contributed by atoms with E-state index in [0.29, 0.717) is 17.0 Å². The smallest absolute Gasteiger partial charge is 0.333 e. The number of rotatable bonds is 5. The third kappa shape index (κ3) is 2.56. The molecule has 2 aromatic rings. The van der Waals surface area contributed by atoms with Crippen LogP contribution in [0.15, 0.2) is 48.8 Å². The van der Waals surface area contributed by atoms with Gasteiger partial charge < -0.3 is 15.2 Å². The van der Waals surface area contributed by atoms with Gasteiger partial charge in [0.15, 0.2) is 5.54 Å². The summed E-state index contributed by atoms with van der Waals surface area (Å²) in [7, 11) is 1.54. The standard InChI is InChI=1S/C15H16N2O3/c1-15(14(18)19,11-6-5-9-16-10-11)17-12-7-3-4-8-13(12)20-2/h3-10,17H,1-2H3,(H,18,19). The Morgan fingerprint density at radius 3 is 2.65 bits per heavy atom. The number of nitrogens with zero attached hydrogens (tertiary/aromatic N) is 1. The van der Waals surface area contributed by atoms with Crippen LogP contribution in [0.5, 0.6) is 5.75 Å². The zero-order chi connectivity index (χ0) is 14.6. The Morgan fingerprint density at radius 2 is 2.05 bits per heavy atom. The number of nitrogens with one attached hydrogen (secondary N) is 1. The molecular weight excluding hydrogens is 256 g/mol. The topological polar surface area (TPSA) is 71.5 Å². The number of carbonyl (C=O) groups is 1. The number of hydrogen-bond donors (Lipinski definition) is 2. The van der Waals surface area contributed by atoms with Gasteiger partial charge in [0.1, 0.15) is 5.75 Å². The highest BCUT2D eigenvalue weighted by molar-refractivity contribution is 5.84. The van der Waals surface area contributed by atoms with Crippen molar-refractivity contribution < 1.29 is 14.6 Å². The summed E-state index contributed by atoms with van der Waals surface area (Å²) < 4.78 is 5.24. The van der Waals surface area contributed by atoms with Crippen molar-refractivity contribution in [3.63, 3.8) is 0 Å². The summed E-state index contributed by atoms with van der Waals surface area (Å²) in [4.78, 5) is 15.7. The zero-order valence-electron chi connectivity index (χ0n) is 11.3. The monoisotopic (exact) mass is 272 g/mol. The van der Waals surface area contributed by atoms with Crippen molar-refractivity contribution in [2.24, 2.45) is 0 Å². The number of para-hydroxylation sites is 2. The third-order valence-electron chi connectivity index (χ3n) is 3.16. The molecular formula is C15H16N2O3. The molecule has 0 fully saturated rings. The van der Waals surface area contributed by atoms with Gasteiger partial charge in [-0.1, -0.05) is 18.2 Å². The quantitative estimate of drug-likeness (QED) is 0.875. The lowest BCUT2D eigenvalue weighted by molar-refractivity contribution is -0.142. The second kappa shape index (κ2) is 5.61. The van der Waals surface area contributed by atoms with E-state index >= 15 is 0 Å². The molecule has 0 saturated carbocycles. The molecule has 5 heteroatoms. The Kier molecular flexibility index (Phi) is 3.89. The van der Waals surface area contributed by atoms with Gasteiger partial charge in [-0.15, -0.1) is 0 Å². The summed E-state index contributed by atoms with van der Waals surface area (Å²) in [6, 6.07) is 10.6. The number of pyridine rings is 1. The number of anilines is 1. The summed E-state index contributed by atoms with van der Waals surface area (Å²) in [6.07, 6.45) is 3.14. The molecule has 1 atom stereocenters. The van der Waals surface area contributed by atoms with Gasteiger partial charge in [-0.2, -0.15) is 0 Å². The van der Waals surface area contributed by atoms with E-state index in [1.54, 1.807) is 44.5 Å². The maximum atomic E-state index is 11.7. The summed E-state index contributed by atoms with van der Waals surface area (Å²) in [5.41, 5.74) is -0.106. The maximum absolute atomic E-state index is 11.7. The van der Waals surface area contributed by atoms with Gasteiger partial charge in [0, 0.05) is 18.0 Å². The number of benzene rings is 1. The molecule has 5 nitrogen and oxygen atoms in total. The van der Waals surface area contributed by atoms with Crippen LogP contribution in [-0.2, 0) is 10.3 Å². The van der Waals surface area contributed by atoms with Crippen LogP contribution >= 0.6 is 0 Å². The summed E-state index contributed by atoms with van der Waals surface area (Å²) in [5.74, 6) is -0.403. The first-order valence-electron chi connectivity index (χ1n) is 6.13. The molecule has 0 bridgehead atoms. The fourth-order valence-electron chi connectivity index (χ4n) is 1.92. The van der Waals surface area contributed by atoms with Crippen molar-refractivity contribution in [2.45, 2.75) is 12.5 Å². The highest BCUT2D eigenvalue weighted by atomic mass is 16.5. The molecule has 20 heavy (non-hydrogen) atoms. The minimum atomic E-state index is -1.29. The molecule has 1 aromatic carbocycles. The molecule has 0 amide bonds. The predicted octanol–water partition coefficient (Wildman–Crippen LogP) is 2.50. The lowest BCUT2D eigenvalue weighted by atomic mass is 9.93. The van der Waals surface area contributed by atoms with Crippen LogP contribution in [0, 0.1) is 0 Å². The first kappa shape index (κ1) is 13.9. The van der Waals surface area contributed by atoms with E-state index in [1.165, 1.54) is 6.20 Å². The minimum Gasteiger partial charge on any atom is -0.495 e. The Hall–Kier alpha value is -2.56. The Labute approximate surface area is 117 Å². The maximum Gasteiger partial charge on any atom is 0.333 e. The average Bonchev–Trinajstić information content (AvgIpc) is 2.48. The van der Waals surface area contributed by atoms with E-state index in [0.717, 1.165) is 0 Å². The molecule has 0 aliphatic rings. The van der Waals surface area contributed by atoms with Crippen molar-refractivity contribution in [1.29, 1.82) is 0 Å². The lowest BCUT2D eigenvalue weighted by Crippen LogP contribution is -2.40. The Morgan fingerprint density at radius 1 is 1.30 bits per heavy atom. The van der Waals surface area contributed by atoms with Crippen LogP contribution in [0.3, 0.4) is 0 Å². The molecule has 104 valence electrons. The number of aliphatic carboxylic acids is 1. The zero-order valence-corrected chi connectivity index (χ0v) is 11.3. The van der Waals surface area contributed by atoms with E-state index in [2.05, 4.69) is 10.3 Å². The van der Waals surface area contributed by atoms with E-state index in [4.69, 9.17) is 4.74 Å². The molecule has 2 N–H and O–H groups in total. The van der Waals surface area contributed by atoms with Crippen LogP contribution in [0.4, 0.5) is 5.69 Å². The number of aromatic nitrogens is 1. The van der Waals surface area contributed by atoms with E-state index in [1.807, 2.05) is 12.1 Å². The van der Waals surface area contributed by atoms with Crippen molar-refractivity contribution >= 4 is 11.7 Å². The Bertz CT molecular complexity index is 601. The van der Waals surface area contributed by atoms with Gasteiger partial charge in [-0.25, -0.2) is 4.79 Å². The molecule has 0 radical (unpaired) electrons. The molecule has 1 unspecified atom stereocenters. The van der Waals surface area contributed by atoms with Crippen molar-refractivity contribution in [2.75, 3.05) is 12.4 Å². The number of carboxylic acids is 1. The second-order valence-electron chi connectivity index (χ2n) is 4.50. The summed E-state index contributed by atoms with van der Waals surface area (Å²) in [6.45, 7) is 1.60. The van der Waals surface area contributed by atoms with Gasteiger partial charge in [0.2, 0.25) is 0 Å². The number of carboxylic acid groups (broad SMARTS) is 1. The SMILES string of the molecule is COc1ccccc1NC(C)(C(=O)O)c1cccnc1. The minimum absolute atomic E-state index is 0.568. The normalized spacial score (nSPS) is 13.3. The molecule has 0 saturated heterocycles. The summed E-state index contributed by atoms with van der Waals surface area (Å²) in [5, 5.41) is 12.6. The highest BCUT2D eigenvalue weighted by Gasteiger charge is 2.36. The first-order chi connectivity index (χ1) is 9.58. The van der Waals surface area contributed by atoms with Gasteiger partial charge >= 0.3 is 5.97 Å². The van der Waals surface area contributed by atoms with Gasteiger partial charge in [-0.3, -0.25) is 4.98 Å². The van der Waals surface area contributed by atoms with Crippen molar-refractivity contribution in [1.82, 2.24) is 4.98 Å². The van der Waals surface area contributed by atoms with Crippen LogP contribution in [-0.4, -0.2) is 23.2 Å². The predicted molar refractivity (Wildman–Crippen MR) is 75.8 cm³/mol.